The second-order valence-corrected chi connectivity index (χ2v) is 5.40. The average Bonchev–Trinajstić information content (AvgIpc) is 3.01. The van der Waals surface area contributed by atoms with E-state index >= 15 is 0 Å². The third-order valence-electron chi connectivity index (χ3n) is 4.30. The van der Waals surface area contributed by atoms with Crippen LogP contribution in [0.3, 0.4) is 0 Å². The second-order valence-electron chi connectivity index (χ2n) is 5.40. The largest absolute Gasteiger partial charge is 0.480 e. The van der Waals surface area contributed by atoms with Crippen molar-refractivity contribution < 1.29 is 14.7 Å². The molecular weight excluding hydrogens is 220 g/mol. The van der Waals surface area contributed by atoms with E-state index in [1.54, 1.807) is 0 Å². The summed E-state index contributed by atoms with van der Waals surface area (Å²) in [5, 5.41) is 14.5. The van der Waals surface area contributed by atoms with Crippen LogP contribution in [0.1, 0.15) is 45.4 Å². The normalized spacial score (nSPS) is 23.4. The van der Waals surface area contributed by atoms with Crippen LogP contribution in [-0.4, -0.2) is 29.2 Å². The molecule has 0 heterocycles. The number of hydrogen-bond acceptors (Lipinski definition) is 2. The molecule has 2 fully saturated rings. The summed E-state index contributed by atoms with van der Waals surface area (Å²) in [6.45, 7) is 2.78. The maximum Gasteiger partial charge on any atom is 0.329 e. The number of carboxylic acids is 1. The van der Waals surface area contributed by atoms with Crippen LogP contribution in [0.15, 0.2) is 0 Å². The van der Waals surface area contributed by atoms with Gasteiger partial charge in [0.2, 0.25) is 0 Å². The molecule has 17 heavy (non-hydrogen) atoms. The molecule has 5 nitrogen and oxygen atoms in total. The molecule has 0 aliphatic heterocycles. The molecule has 2 saturated carbocycles. The van der Waals surface area contributed by atoms with Gasteiger partial charge in [-0.2, -0.15) is 0 Å². The molecule has 0 bridgehead atoms. The molecule has 0 unspecified atom stereocenters. The third-order valence-corrected chi connectivity index (χ3v) is 4.30. The topological polar surface area (TPSA) is 78.4 Å². The van der Waals surface area contributed by atoms with Crippen molar-refractivity contribution in [3.8, 4) is 0 Å². The Kier molecular flexibility index (Phi) is 3.02. The highest BCUT2D eigenvalue weighted by molar-refractivity contribution is 5.87. The van der Waals surface area contributed by atoms with Crippen LogP contribution in [0, 0.1) is 5.41 Å². The summed E-state index contributed by atoms with van der Waals surface area (Å²) >= 11 is 0. The quantitative estimate of drug-likeness (QED) is 0.681. The smallest absolute Gasteiger partial charge is 0.329 e. The lowest BCUT2D eigenvalue weighted by Gasteiger charge is -2.38. The lowest BCUT2D eigenvalue weighted by molar-refractivity contribution is -0.148. The number of carbonyl (C=O) groups is 2. The molecule has 0 aromatic rings. The van der Waals surface area contributed by atoms with E-state index in [1.165, 1.54) is 0 Å². The Morgan fingerprint density at radius 1 is 1.24 bits per heavy atom. The van der Waals surface area contributed by atoms with E-state index in [4.69, 9.17) is 5.11 Å². The molecule has 0 aromatic heterocycles. The Morgan fingerprint density at radius 2 is 1.88 bits per heavy atom. The summed E-state index contributed by atoms with van der Waals surface area (Å²) in [6, 6.07) is -0.341. The van der Waals surface area contributed by atoms with Gasteiger partial charge in [-0.1, -0.05) is 6.92 Å². The molecule has 2 aliphatic carbocycles. The molecule has 0 atom stereocenters. The maximum atomic E-state index is 11.7. The number of amides is 2. The maximum absolute atomic E-state index is 11.7. The van der Waals surface area contributed by atoms with Gasteiger partial charge in [0.1, 0.15) is 5.54 Å². The van der Waals surface area contributed by atoms with Gasteiger partial charge < -0.3 is 15.7 Å². The standard InChI is InChI=1S/C12H20N2O3/c1-2-11(6-7-11)8-13-10(17)14-12(9(15)16)4-3-5-12/h2-8H2,1H3,(H,15,16)(H2,13,14,17). The summed E-state index contributed by atoms with van der Waals surface area (Å²) in [4.78, 5) is 22.7. The zero-order valence-corrected chi connectivity index (χ0v) is 10.2. The predicted molar refractivity (Wildman–Crippen MR) is 62.7 cm³/mol. The second kappa shape index (κ2) is 4.20. The van der Waals surface area contributed by atoms with Crippen molar-refractivity contribution in [3.05, 3.63) is 0 Å². The third kappa shape index (κ3) is 2.37. The highest BCUT2D eigenvalue weighted by Gasteiger charge is 2.46. The van der Waals surface area contributed by atoms with Crippen molar-refractivity contribution in [2.45, 2.75) is 51.0 Å². The fourth-order valence-electron chi connectivity index (χ4n) is 2.28. The lowest BCUT2D eigenvalue weighted by Crippen LogP contribution is -2.61. The van der Waals surface area contributed by atoms with Crippen molar-refractivity contribution in [1.29, 1.82) is 0 Å². The fraction of sp³-hybridized carbons (Fsp3) is 0.833. The number of carbonyl (C=O) groups excluding carboxylic acids is 1. The molecule has 2 aliphatic rings. The van der Waals surface area contributed by atoms with E-state index < -0.39 is 11.5 Å². The van der Waals surface area contributed by atoms with Crippen LogP contribution in [0.2, 0.25) is 0 Å². The number of urea groups is 1. The van der Waals surface area contributed by atoms with Gasteiger partial charge in [-0.05, 0) is 43.9 Å². The lowest BCUT2D eigenvalue weighted by atomic mass is 9.77. The van der Waals surface area contributed by atoms with Crippen molar-refractivity contribution >= 4 is 12.0 Å². The number of nitrogens with one attached hydrogen (secondary N) is 2. The Labute approximate surface area is 101 Å². The van der Waals surface area contributed by atoms with Gasteiger partial charge in [-0.15, -0.1) is 0 Å². The van der Waals surface area contributed by atoms with Gasteiger partial charge in [-0.3, -0.25) is 0 Å². The number of carboxylic acid groups (broad SMARTS) is 1. The molecular formula is C12H20N2O3. The van der Waals surface area contributed by atoms with Gasteiger partial charge in [0.25, 0.3) is 0 Å². The molecule has 3 N–H and O–H groups in total. The van der Waals surface area contributed by atoms with Crippen LogP contribution >= 0.6 is 0 Å². The van der Waals surface area contributed by atoms with Gasteiger partial charge in [-0.25, -0.2) is 9.59 Å². The number of rotatable bonds is 5. The van der Waals surface area contributed by atoms with Crippen LogP contribution < -0.4 is 10.6 Å². The van der Waals surface area contributed by atoms with Crippen molar-refractivity contribution in [3.63, 3.8) is 0 Å². The molecule has 5 heteroatoms. The highest BCUT2D eigenvalue weighted by atomic mass is 16.4. The molecule has 0 aromatic carbocycles. The first-order valence-corrected chi connectivity index (χ1v) is 6.31. The van der Waals surface area contributed by atoms with E-state index in [0.29, 0.717) is 19.4 Å². The number of aliphatic carboxylic acids is 1. The predicted octanol–water partition coefficient (Wildman–Crippen LogP) is 1.48. The van der Waals surface area contributed by atoms with Gasteiger partial charge in [0.15, 0.2) is 0 Å². The Balaban J connectivity index is 1.79. The summed E-state index contributed by atoms with van der Waals surface area (Å²) < 4.78 is 0. The SMILES string of the molecule is CCC1(CNC(=O)NC2(C(=O)O)CCC2)CC1. The van der Waals surface area contributed by atoms with E-state index in [9.17, 15) is 9.59 Å². The zero-order valence-electron chi connectivity index (χ0n) is 10.2. The van der Waals surface area contributed by atoms with E-state index in [-0.39, 0.29) is 11.4 Å². The van der Waals surface area contributed by atoms with E-state index in [1.807, 2.05) is 0 Å². The summed E-state index contributed by atoms with van der Waals surface area (Å²) in [7, 11) is 0. The van der Waals surface area contributed by atoms with Crippen molar-refractivity contribution in [2.75, 3.05) is 6.54 Å². The van der Waals surface area contributed by atoms with E-state index in [2.05, 4.69) is 17.6 Å². The Morgan fingerprint density at radius 3 is 2.24 bits per heavy atom. The molecule has 0 spiro atoms. The van der Waals surface area contributed by atoms with Gasteiger partial charge in [0.05, 0.1) is 0 Å². The molecule has 2 rings (SSSR count). The van der Waals surface area contributed by atoms with Crippen LogP contribution in [0.25, 0.3) is 0 Å². The first-order valence-electron chi connectivity index (χ1n) is 6.31. The van der Waals surface area contributed by atoms with Gasteiger partial charge in [0, 0.05) is 6.54 Å². The molecule has 2 amide bonds. The minimum Gasteiger partial charge on any atom is -0.480 e. The Bertz CT molecular complexity index is 333. The molecule has 96 valence electrons. The fourth-order valence-corrected chi connectivity index (χ4v) is 2.28. The number of hydrogen-bond donors (Lipinski definition) is 3. The minimum atomic E-state index is -1.01. The van der Waals surface area contributed by atoms with E-state index in [0.717, 1.165) is 25.7 Å². The van der Waals surface area contributed by atoms with Crippen molar-refractivity contribution in [2.24, 2.45) is 5.41 Å². The monoisotopic (exact) mass is 240 g/mol. The average molecular weight is 240 g/mol. The first-order chi connectivity index (χ1) is 8.02. The molecule has 0 radical (unpaired) electrons. The molecule has 0 saturated heterocycles. The van der Waals surface area contributed by atoms with Crippen LogP contribution in [-0.2, 0) is 4.79 Å². The minimum absolute atomic E-state index is 0.285. The van der Waals surface area contributed by atoms with Crippen LogP contribution in [0.4, 0.5) is 4.79 Å². The Hall–Kier alpha value is -1.26. The summed E-state index contributed by atoms with van der Waals surface area (Å²) in [6.07, 6.45) is 5.33. The first kappa shape index (κ1) is 12.2. The van der Waals surface area contributed by atoms with Gasteiger partial charge >= 0.3 is 12.0 Å². The summed E-state index contributed by atoms with van der Waals surface area (Å²) in [5.74, 6) is -0.921. The van der Waals surface area contributed by atoms with Crippen LogP contribution in [0.5, 0.6) is 0 Å². The van der Waals surface area contributed by atoms with Crippen molar-refractivity contribution in [1.82, 2.24) is 10.6 Å². The summed E-state index contributed by atoms with van der Waals surface area (Å²) in [5.41, 5.74) is -0.722. The zero-order chi connectivity index (χ0) is 12.5. The highest BCUT2D eigenvalue weighted by Crippen LogP contribution is 2.47.